The second kappa shape index (κ2) is 11.2. The Hall–Kier alpha value is -3.72. The molecule has 7 nitrogen and oxygen atoms in total. The van der Waals surface area contributed by atoms with Gasteiger partial charge in [-0.2, -0.15) is 0 Å². The first kappa shape index (κ1) is 26.9. The average molecular weight is 550 g/mol. The van der Waals surface area contributed by atoms with Crippen LogP contribution in [0.15, 0.2) is 65.6 Å². The molecule has 2 amide bonds. The highest BCUT2D eigenvalue weighted by Crippen LogP contribution is 2.46. The molecule has 2 atom stereocenters. The molecule has 0 radical (unpaired) electrons. The molecule has 1 fully saturated rings. The third-order valence-electron chi connectivity index (χ3n) is 7.68. The van der Waals surface area contributed by atoms with E-state index >= 15 is 0 Å². The van der Waals surface area contributed by atoms with E-state index in [1.165, 1.54) is 13.2 Å². The summed E-state index contributed by atoms with van der Waals surface area (Å²) in [6.45, 7) is 1.92. The predicted octanol–water partition coefficient (Wildman–Crippen LogP) is 4.82. The van der Waals surface area contributed by atoms with E-state index in [-0.39, 0.29) is 17.6 Å². The van der Waals surface area contributed by atoms with E-state index in [9.17, 15) is 14.0 Å². The van der Waals surface area contributed by atoms with E-state index in [1.807, 2.05) is 46.4 Å². The molecule has 3 aromatic carbocycles. The fourth-order valence-electron chi connectivity index (χ4n) is 5.61. The van der Waals surface area contributed by atoms with E-state index in [0.717, 1.165) is 10.5 Å². The smallest absolute Gasteiger partial charge is 0.254 e. The molecule has 5 rings (SSSR count). The fourth-order valence-corrected chi connectivity index (χ4v) is 6.01. The molecular formula is C30H32FN3O4S. The Morgan fingerprint density at radius 3 is 2.21 bits per heavy atom. The lowest BCUT2D eigenvalue weighted by Crippen LogP contribution is -2.53. The van der Waals surface area contributed by atoms with Crippen molar-refractivity contribution in [2.45, 2.75) is 16.9 Å². The van der Waals surface area contributed by atoms with Crippen LogP contribution < -0.4 is 14.4 Å². The molecule has 3 aromatic rings. The Balaban J connectivity index is 1.53. The van der Waals surface area contributed by atoms with Gasteiger partial charge in [0.25, 0.3) is 5.91 Å². The van der Waals surface area contributed by atoms with Gasteiger partial charge < -0.3 is 24.2 Å². The van der Waals surface area contributed by atoms with Crippen molar-refractivity contribution < 1.29 is 23.5 Å². The summed E-state index contributed by atoms with van der Waals surface area (Å²) < 4.78 is 25.4. The Morgan fingerprint density at radius 2 is 1.59 bits per heavy atom. The van der Waals surface area contributed by atoms with Crippen molar-refractivity contribution in [1.82, 2.24) is 9.80 Å². The number of amides is 2. The highest BCUT2D eigenvalue weighted by Gasteiger charge is 2.45. The summed E-state index contributed by atoms with van der Waals surface area (Å²) in [6, 6.07) is 17.6. The molecule has 2 aliphatic rings. The van der Waals surface area contributed by atoms with Gasteiger partial charge in [0.15, 0.2) is 11.5 Å². The molecule has 204 valence electrons. The van der Waals surface area contributed by atoms with E-state index in [2.05, 4.69) is 0 Å². The average Bonchev–Trinajstić information content (AvgIpc) is 2.98. The lowest BCUT2D eigenvalue weighted by atomic mass is 9.78. The first-order chi connectivity index (χ1) is 18.9. The molecule has 0 unspecified atom stereocenters. The van der Waals surface area contributed by atoms with Crippen LogP contribution in [0.2, 0.25) is 0 Å². The number of hydrogen-bond donors (Lipinski definition) is 0. The summed E-state index contributed by atoms with van der Waals surface area (Å²) in [5.41, 5.74) is 2.47. The van der Waals surface area contributed by atoms with Gasteiger partial charge in [-0.25, -0.2) is 4.39 Å². The maximum Gasteiger partial charge on any atom is 0.254 e. The van der Waals surface area contributed by atoms with Gasteiger partial charge in [-0.1, -0.05) is 24.3 Å². The van der Waals surface area contributed by atoms with Crippen LogP contribution in [0.25, 0.3) is 0 Å². The van der Waals surface area contributed by atoms with Crippen LogP contribution in [0, 0.1) is 5.82 Å². The highest BCUT2D eigenvalue weighted by atomic mass is 32.2. The van der Waals surface area contributed by atoms with Crippen molar-refractivity contribution >= 4 is 29.3 Å². The molecule has 0 spiro atoms. The zero-order valence-electron chi connectivity index (χ0n) is 22.5. The van der Waals surface area contributed by atoms with Gasteiger partial charge in [-0.3, -0.25) is 9.59 Å². The van der Waals surface area contributed by atoms with Gasteiger partial charge in [0.1, 0.15) is 5.82 Å². The number of benzene rings is 3. The SMILES string of the molecule is COc1cc2c(cc1OC)[C@H](C(=O)N1CCN(c3ccccc3F)CC1)[C@@H](c1ccc(SC)cc1)N(C)C2=O. The first-order valence-electron chi connectivity index (χ1n) is 12.8. The maximum atomic E-state index is 14.4. The maximum absolute atomic E-state index is 14.4. The number of piperazine rings is 1. The Kier molecular flexibility index (Phi) is 7.70. The van der Waals surface area contributed by atoms with Gasteiger partial charge in [0.05, 0.1) is 31.9 Å². The minimum absolute atomic E-state index is 0.0741. The van der Waals surface area contributed by atoms with Crippen LogP contribution in [-0.4, -0.2) is 75.3 Å². The minimum atomic E-state index is -0.650. The topological polar surface area (TPSA) is 62.3 Å². The Morgan fingerprint density at radius 1 is 0.949 bits per heavy atom. The summed E-state index contributed by atoms with van der Waals surface area (Å²) >= 11 is 1.63. The quantitative estimate of drug-likeness (QED) is 0.411. The van der Waals surface area contributed by atoms with Gasteiger partial charge in [-0.05, 0) is 53.8 Å². The largest absolute Gasteiger partial charge is 0.493 e. The molecule has 0 aliphatic carbocycles. The summed E-state index contributed by atoms with van der Waals surface area (Å²) in [4.78, 5) is 34.5. The van der Waals surface area contributed by atoms with Gasteiger partial charge in [-0.15, -0.1) is 11.8 Å². The summed E-state index contributed by atoms with van der Waals surface area (Å²) in [5.74, 6) is -0.276. The Bertz CT molecular complexity index is 1380. The highest BCUT2D eigenvalue weighted by molar-refractivity contribution is 7.98. The lowest BCUT2D eigenvalue weighted by molar-refractivity contribution is -0.134. The second-order valence-electron chi connectivity index (χ2n) is 9.67. The zero-order chi connectivity index (χ0) is 27.7. The monoisotopic (exact) mass is 549 g/mol. The number of halogens is 1. The second-order valence-corrected chi connectivity index (χ2v) is 10.5. The summed E-state index contributed by atoms with van der Waals surface area (Å²) in [6.07, 6.45) is 2.01. The number of hydrogen-bond acceptors (Lipinski definition) is 6. The Labute approximate surface area is 232 Å². The molecular weight excluding hydrogens is 517 g/mol. The number of thioether (sulfide) groups is 1. The number of rotatable bonds is 6. The summed E-state index contributed by atoms with van der Waals surface area (Å²) in [7, 11) is 4.80. The van der Waals surface area contributed by atoms with Gasteiger partial charge >= 0.3 is 0 Å². The third kappa shape index (κ3) is 4.91. The number of carbonyl (C=O) groups is 2. The van der Waals surface area contributed by atoms with Crippen molar-refractivity contribution in [1.29, 1.82) is 0 Å². The van der Waals surface area contributed by atoms with E-state index < -0.39 is 12.0 Å². The number of ether oxygens (including phenoxy) is 2. The number of carbonyl (C=O) groups excluding carboxylic acids is 2. The molecule has 0 saturated carbocycles. The zero-order valence-corrected chi connectivity index (χ0v) is 23.3. The van der Waals surface area contributed by atoms with Crippen molar-refractivity contribution in [3.05, 3.63) is 83.2 Å². The normalized spacial score (nSPS) is 19.1. The van der Waals surface area contributed by atoms with Crippen LogP contribution in [-0.2, 0) is 4.79 Å². The van der Waals surface area contributed by atoms with Crippen molar-refractivity contribution in [2.75, 3.05) is 58.6 Å². The van der Waals surface area contributed by atoms with Crippen LogP contribution >= 0.6 is 11.8 Å². The molecule has 9 heteroatoms. The van der Waals surface area contributed by atoms with Gasteiger partial charge in [0, 0.05) is 43.7 Å². The van der Waals surface area contributed by atoms with E-state index in [0.29, 0.717) is 54.5 Å². The van der Waals surface area contributed by atoms with Crippen LogP contribution in [0.5, 0.6) is 11.5 Å². The van der Waals surface area contributed by atoms with E-state index in [1.54, 1.807) is 55.1 Å². The van der Waals surface area contributed by atoms with Crippen molar-refractivity contribution in [3.8, 4) is 11.5 Å². The number of para-hydroxylation sites is 1. The van der Waals surface area contributed by atoms with Crippen molar-refractivity contribution in [3.63, 3.8) is 0 Å². The molecule has 1 saturated heterocycles. The number of likely N-dealkylation sites (N-methyl/N-ethyl adjacent to an activating group) is 1. The van der Waals surface area contributed by atoms with Crippen LogP contribution in [0.4, 0.5) is 10.1 Å². The molecule has 0 aromatic heterocycles. The molecule has 39 heavy (non-hydrogen) atoms. The number of nitrogens with zero attached hydrogens (tertiary/aromatic N) is 3. The first-order valence-corrected chi connectivity index (χ1v) is 14.1. The van der Waals surface area contributed by atoms with Gasteiger partial charge in [0.2, 0.25) is 5.91 Å². The lowest BCUT2D eigenvalue weighted by Gasteiger charge is -2.43. The minimum Gasteiger partial charge on any atom is -0.493 e. The van der Waals surface area contributed by atoms with Crippen LogP contribution in [0.1, 0.15) is 33.4 Å². The number of anilines is 1. The predicted molar refractivity (Wildman–Crippen MR) is 151 cm³/mol. The third-order valence-corrected chi connectivity index (χ3v) is 8.43. The molecule has 0 bridgehead atoms. The molecule has 2 heterocycles. The van der Waals surface area contributed by atoms with Crippen molar-refractivity contribution in [2.24, 2.45) is 0 Å². The fraction of sp³-hybridized carbons (Fsp3) is 0.333. The number of fused-ring (bicyclic) bond motifs is 1. The van der Waals surface area contributed by atoms with E-state index in [4.69, 9.17) is 9.47 Å². The number of methoxy groups -OCH3 is 2. The molecule has 0 N–H and O–H groups in total. The summed E-state index contributed by atoms with van der Waals surface area (Å²) in [5, 5.41) is 0. The van der Waals surface area contributed by atoms with Crippen LogP contribution in [0.3, 0.4) is 0 Å². The molecule has 2 aliphatic heterocycles. The standard InChI is InChI=1S/C30H32FN3O4S/c1-32-28(19-9-11-20(39-4)12-10-19)27(21-17-25(37-2)26(38-3)18-22(21)29(32)35)30(36)34-15-13-33(14-16-34)24-8-6-5-7-23(24)31/h5-12,17-18,27-28H,13-16H2,1-4H3/t27-,28+/m0/s1.